The number of rotatable bonds is 6. The van der Waals surface area contributed by atoms with E-state index < -0.39 is 5.97 Å². The molecule has 0 aromatic rings. The summed E-state index contributed by atoms with van der Waals surface area (Å²) in [5.41, 5.74) is 0.264. The van der Waals surface area contributed by atoms with Crippen LogP contribution >= 0.6 is 0 Å². The SMILES string of the molecule is C=C(CC)C(=O)O.C=CC(=O)OCCCC.[CaH2]. The minimum atomic E-state index is -0.900. The number of hydrogen-bond acceptors (Lipinski definition) is 3. The summed E-state index contributed by atoms with van der Waals surface area (Å²) in [6.45, 7) is 10.9. The molecule has 0 atom stereocenters. The second kappa shape index (κ2) is 15.7. The van der Waals surface area contributed by atoms with Gasteiger partial charge in [0.05, 0.1) is 6.61 Å². The topological polar surface area (TPSA) is 63.6 Å². The van der Waals surface area contributed by atoms with Gasteiger partial charge >= 0.3 is 49.7 Å². The van der Waals surface area contributed by atoms with Crippen molar-refractivity contribution in [3.63, 3.8) is 0 Å². The molecule has 0 bridgehead atoms. The summed E-state index contributed by atoms with van der Waals surface area (Å²) in [6.07, 6.45) is 3.68. The van der Waals surface area contributed by atoms with Crippen molar-refractivity contribution < 1.29 is 19.4 Å². The van der Waals surface area contributed by atoms with Crippen molar-refractivity contribution >= 4 is 49.7 Å². The van der Waals surface area contributed by atoms with Crippen molar-refractivity contribution in [2.45, 2.75) is 33.1 Å². The van der Waals surface area contributed by atoms with E-state index in [1.54, 1.807) is 6.92 Å². The molecule has 0 saturated carbocycles. The molecule has 17 heavy (non-hydrogen) atoms. The van der Waals surface area contributed by atoms with Crippen LogP contribution in [-0.2, 0) is 14.3 Å². The Labute approximate surface area is 133 Å². The van der Waals surface area contributed by atoms with E-state index in [-0.39, 0.29) is 49.3 Å². The molecule has 0 aliphatic heterocycles. The molecular formula is C12H22CaO4. The van der Waals surface area contributed by atoms with Crippen LogP contribution in [0.5, 0.6) is 0 Å². The minimum absolute atomic E-state index is 0. The number of unbranched alkanes of at least 4 members (excludes halogenated alkanes) is 1. The number of hydrogen-bond donors (Lipinski definition) is 1. The van der Waals surface area contributed by atoms with Crippen molar-refractivity contribution in [1.29, 1.82) is 0 Å². The average molecular weight is 270 g/mol. The van der Waals surface area contributed by atoms with Gasteiger partial charge in [0, 0.05) is 11.6 Å². The zero-order valence-corrected chi connectivity index (χ0v) is 9.99. The van der Waals surface area contributed by atoms with Gasteiger partial charge in [0.2, 0.25) is 0 Å². The van der Waals surface area contributed by atoms with Crippen LogP contribution in [-0.4, -0.2) is 61.4 Å². The number of esters is 1. The van der Waals surface area contributed by atoms with Crippen LogP contribution in [0.4, 0.5) is 0 Å². The molecule has 0 aromatic carbocycles. The molecule has 0 fully saturated rings. The van der Waals surface area contributed by atoms with E-state index in [0.29, 0.717) is 13.0 Å². The van der Waals surface area contributed by atoms with Gasteiger partial charge in [-0.1, -0.05) is 33.4 Å². The predicted octanol–water partition coefficient (Wildman–Crippen LogP) is 1.64. The van der Waals surface area contributed by atoms with Gasteiger partial charge < -0.3 is 9.84 Å². The van der Waals surface area contributed by atoms with E-state index in [9.17, 15) is 9.59 Å². The van der Waals surface area contributed by atoms with Crippen LogP contribution in [0.2, 0.25) is 0 Å². The van der Waals surface area contributed by atoms with Crippen LogP contribution in [0.25, 0.3) is 0 Å². The van der Waals surface area contributed by atoms with E-state index in [4.69, 9.17) is 5.11 Å². The van der Waals surface area contributed by atoms with E-state index >= 15 is 0 Å². The van der Waals surface area contributed by atoms with Crippen LogP contribution in [0.3, 0.4) is 0 Å². The van der Waals surface area contributed by atoms with Crippen molar-refractivity contribution in [3.05, 3.63) is 24.8 Å². The van der Waals surface area contributed by atoms with Gasteiger partial charge in [0.1, 0.15) is 0 Å². The summed E-state index contributed by atoms with van der Waals surface area (Å²) in [5, 5.41) is 8.08. The van der Waals surface area contributed by atoms with E-state index in [1.165, 1.54) is 6.08 Å². The van der Waals surface area contributed by atoms with Crippen molar-refractivity contribution in [2.24, 2.45) is 0 Å². The normalized spacial score (nSPS) is 7.88. The third kappa shape index (κ3) is 18.3. The Hall–Kier alpha value is -0.320. The van der Waals surface area contributed by atoms with Crippen molar-refractivity contribution in [3.8, 4) is 0 Å². The van der Waals surface area contributed by atoms with Gasteiger partial charge in [-0.3, -0.25) is 0 Å². The summed E-state index contributed by atoms with van der Waals surface area (Å²) in [7, 11) is 0. The van der Waals surface area contributed by atoms with Crippen LogP contribution in [0, 0.1) is 0 Å². The second-order valence-electron chi connectivity index (χ2n) is 2.99. The third-order valence-electron chi connectivity index (χ3n) is 1.64. The average Bonchev–Trinajstić information content (AvgIpc) is 2.28. The molecular weight excluding hydrogens is 248 g/mol. The number of carbonyl (C=O) groups excluding carboxylic acids is 1. The van der Waals surface area contributed by atoms with Gasteiger partial charge in [0.15, 0.2) is 0 Å². The van der Waals surface area contributed by atoms with Crippen molar-refractivity contribution in [2.75, 3.05) is 6.61 Å². The molecule has 5 heteroatoms. The Morgan fingerprint density at radius 1 is 1.35 bits per heavy atom. The standard InChI is InChI=1S/C7H12O2.C5H8O2.Ca.2H/c1-3-5-6-9-7(8)4-2;1-3-4(2)5(6)7;;;/h4H,2-3,5-6H2,1H3;2-3H2,1H3,(H,6,7);;;. The number of ether oxygens (including phenoxy) is 1. The first kappa shape index (κ1) is 21.9. The van der Waals surface area contributed by atoms with Crippen molar-refractivity contribution in [1.82, 2.24) is 0 Å². The third-order valence-corrected chi connectivity index (χ3v) is 1.64. The zero-order valence-electron chi connectivity index (χ0n) is 9.99. The molecule has 0 aliphatic carbocycles. The monoisotopic (exact) mass is 270 g/mol. The van der Waals surface area contributed by atoms with Crippen LogP contribution in [0.15, 0.2) is 24.8 Å². The van der Waals surface area contributed by atoms with Gasteiger partial charge in [-0.25, -0.2) is 9.59 Å². The first-order chi connectivity index (χ1) is 7.49. The molecule has 0 heterocycles. The molecule has 0 rings (SSSR count). The molecule has 0 radical (unpaired) electrons. The summed E-state index contributed by atoms with van der Waals surface area (Å²) in [4.78, 5) is 20.2. The van der Waals surface area contributed by atoms with Gasteiger partial charge in [0.25, 0.3) is 0 Å². The fourth-order valence-electron chi connectivity index (χ4n) is 0.527. The molecule has 1 N–H and O–H groups in total. The Bertz CT molecular complexity index is 249. The quantitative estimate of drug-likeness (QED) is 0.345. The van der Waals surface area contributed by atoms with Crippen LogP contribution < -0.4 is 0 Å². The molecule has 0 saturated heterocycles. The molecule has 0 amide bonds. The maximum absolute atomic E-state index is 10.3. The van der Waals surface area contributed by atoms with Gasteiger partial charge in [-0.15, -0.1) is 0 Å². The summed E-state index contributed by atoms with van der Waals surface area (Å²) >= 11 is 0. The second-order valence-corrected chi connectivity index (χ2v) is 2.99. The Morgan fingerprint density at radius 3 is 2.12 bits per heavy atom. The molecule has 4 nitrogen and oxygen atoms in total. The van der Waals surface area contributed by atoms with E-state index in [1.807, 2.05) is 6.92 Å². The molecule has 0 aromatic heterocycles. The summed E-state index contributed by atoms with van der Waals surface area (Å²) < 4.78 is 4.67. The Balaban J connectivity index is -0.000000224. The molecule has 0 spiro atoms. The number of carbonyl (C=O) groups is 2. The van der Waals surface area contributed by atoms with Gasteiger partial charge in [-0.05, 0) is 12.8 Å². The Kier molecular flexibility index (Phi) is 20.2. The van der Waals surface area contributed by atoms with Gasteiger partial charge in [-0.2, -0.15) is 0 Å². The van der Waals surface area contributed by atoms with Crippen LogP contribution in [0.1, 0.15) is 33.1 Å². The number of aliphatic carboxylic acids is 1. The fraction of sp³-hybridized carbons (Fsp3) is 0.500. The first-order valence-electron chi connectivity index (χ1n) is 5.19. The zero-order chi connectivity index (χ0) is 13.0. The fourth-order valence-corrected chi connectivity index (χ4v) is 0.527. The summed E-state index contributed by atoms with van der Waals surface area (Å²) in [6, 6.07) is 0. The molecule has 96 valence electrons. The maximum atomic E-state index is 10.3. The molecule has 0 aliphatic rings. The summed E-state index contributed by atoms with van der Waals surface area (Å²) in [5.74, 6) is -1.23. The molecule has 0 unspecified atom stereocenters. The van der Waals surface area contributed by atoms with E-state index in [2.05, 4.69) is 17.9 Å². The van der Waals surface area contributed by atoms with E-state index in [0.717, 1.165) is 12.8 Å². The first-order valence-corrected chi connectivity index (χ1v) is 5.19. The Morgan fingerprint density at radius 2 is 1.88 bits per heavy atom. The number of carboxylic acid groups (broad SMARTS) is 1. The predicted molar refractivity (Wildman–Crippen MR) is 71.7 cm³/mol. The number of carboxylic acids is 1.